The lowest BCUT2D eigenvalue weighted by Gasteiger charge is -2.33. The Morgan fingerprint density at radius 2 is 1.92 bits per heavy atom. The molecular formula is C19H22N2O4. The molecule has 3 rings (SSSR count). The fraction of sp³-hybridized carbons (Fsp3) is 0.316. The number of hydrogen-bond donors (Lipinski definition) is 1. The predicted molar refractivity (Wildman–Crippen MR) is 97.2 cm³/mol. The van der Waals surface area contributed by atoms with Crippen LogP contribution in [0.5, 0.6) is 17.2 Å². The predicted octanol–water partition coefficient (Wildman–Crippen LogP) is 3.83. The summed E-state index contributed by atoms with van der Waals surface area (Å²) in [6, 6.07) is 10.9. The topological polar surface area (TPSA) is 60.0 Å². The molecule has 0 spiro atoms. The highest BCUT2D eigenvalue weighted by atomic mass is 16.5. The highest BCUT2D eigenvalue weighted by Crippen LogP contribution is 2.35. The van der Waals surface area contributed by atoms with Gasteiger partial charge in [0.25, 0.3) is 0 Å². The Morgan fingerprint density at radius 1 is 1.16 bits per heavy atom. The Labute approximate surface area is 147 Å². The van der Waals surface area contributed by atoms with Crippen molar-refractivity contribution < 1.29 is 19.0 Å². The monoisotopic (exact) mass is 342 g/mol. The van der Waals surface area contributed by atoms with E-state index in [-0.39, 0.29) is 12.1 Å². The minimum absolute atomic E-state index is 0.0774. The van der Waals surface area contributed by atoms with E-state index in [9.17, 15) is 4.79 Å². The zero-order valence-corrected chi connectivity index (χ0v) is 14.8. The normalized spacial score (nSPS) is 15.8. The lowest BCUT2D eigenvalue weighted by molar-refractivity contribution is 0.208. The summed E-state index contributed by atoms with van der Waals surface area (Å²) >= 11 is 0. The number of hydrogen-bond acceptors (Lipinski definition) is 4. The maximum Gasteiger partial charge on any atom is 0.326 e. The average molecular weight is 342 g/mol. The van der Waals surface area contributed by atoms with Gasteiger partial charge in [0.1, 0.15) is 11.9 Å². The molecular weight excluding hydrogens is 320 g/mol. The fourth-order valence-corrected chi connectivity index (χ4v) is 2.84. The van der Waals surface area contributed by atoms with Crippen LogP contribution in [-0.2, 0) is 0 Å². The van der Waals surface area contributed by atoms with Gasteiger partial charge < -0.3 is 19.5 Å². The molecule has 0 radical (unpaired) electrons. The van der Waals surface area contributed by atoms with E-state index in [1.165, 1.54) is 0 Å². The van der Waals surface area contributed by atoms with Crippen molar-refractivity contribution in [1.82, 2.24) is 0 Å². The summed E-state index contributed by atoms with van der Waals surface area (Å²) in [5.41, 5.74) is 2.48. The SMILES string of the molecule is COc1ccc(NC(=O)N2C[C@@H](C)Oc3ccc(C)cc32)cc1OC. The van der Waals surface area contributed by atoms with Crippen molar-refractivity contribution in [3.63, 3.8) is 0 Å². The molecule has 0 fully saturated rings. The number of amides is 2. The molecule has 2 aromatic carbocycles. The molecule has 1 aliphatic rings. The van der Waals surface area contributed by atoms with E-state index in [1.54, 1.807) is 37.3 Å². The van der Waals surface area contributed by atoms with E-state index in [2.05, 4.69) is 5.32 Å². The second kappa shape index (κ2) is 6.93. The zero-order chi connectivity index (χ0) is 18.0. The molecule has 2 aromatic rings. The number of benzene rings is 2. The van der Waals surface area contributed by atoms with Crippen LogP contribution in [0.2, 0.25) is 0 Å². The molecule has 1 aliphatic heterocycles. The molecule has 0 aliphatic carbocycles. The Bertz CT molecular complexity index is 791. The number of methoxy groups -OCH3 is 2. The maximum absolute atomic E-state index is 12.8. The molecule has 6 heteroatoms. The van der Waals surface area contributed by atoms with Crippen LogP contribution >= 0.6 is 0 Å². The van der Waals surface area contributed by atoms with Crippen LogP contribution < -0.4 is 24.4 Å². The first-order chi connectivity index (χ1) is 12.0. The summed E-state index contributed by atoms with van der Waals surface area (Å²) in [7, 11) is 3.14. The van der Waals surface area contributed by atoms with E-state index in [4.69, 9.17) is 14.2 Å². The van der Waals surface area contributed by atoms with Gasteiger partial charge in [0, 0.05) is 11.8 Å². The first-order valence-electron chi connectivity index (χ1n) is 8.09. The Morgan fingerprint density at radius 3 is 2.64 bits per heavy atom. The van der Waals surface area contributed by atoms with Crippen LogP contribution in [0.4, 0.5) is 16.2 Å². The van der Waals surface area contributed by atoms with Gasteiger partial charge in [-0.1, -0.05) is 6.07 Å². The van der Waals surface area contributed by atoms with Gasteiger partial charge in [-0.2, -0.15) is 0 Å². The summed E-state index contributed by atoms with van der Waals surface area (Å²) in [5.74, 6) is 1.89. The van der Waals surface area contributed by atoms with Gasteiger partial charge in [-0.05, 0) is 43.7 Å². The third-order valence-corrected chi connectivity index (χ3v) is 4.05. The van der Waals surface area contributed by atoms with Crippen LogP contribution in [0.15, 0.2) is 36.4 Å². The maximum atomic E-state index is 12.8. The van der Waals surface area contributed by atoms with E-state index < -0.39 is 0 Å². The Hall–Kier alpha value is -2.89. The number of ether oxygens (including phenoxy) is 3. The molecule has 0 bridgehead atoms. The van der Waals surface area contributed by atoms with Crippen molar-refractivity contribution in [1.29, 1.82) is 0 Å². The Kier molecular flexibility index (Phi) is 4.70. The van der Waals surface area contributed by atoms with Crippen LogP contribution in [0.1, 0.15) is 12.5 Å². The lowest BCUT2D eigenvalue weighted by Crippen LogP contribution is -2.44. The summed E-state index contributed by atoms with van der Waals surface area (Å²) in [6.07, 6.45) is -0.0774. The van der Waals surface area contributed by atoms with Crippen molar-refractivity contribution in [2.75, 3.05) is 31.0 Å². The third-order valence-electron chi connectivity index (χ3n) is 4.05. The summed E-state index contributed by atoms with van der Waals surface area (Å²) < 4.78 is 16.3. The highest BCUT2D eigenvalue weighted by Gasteiger charge is 2.28. The summed E-state index contributed by atoms with van der Waals surface area (Å²) in [4.78, 5) is 14.5. The molecule has 0 saturated carbocycles. The second-order valence-electron chi connectivity index (χ2n) is 6.01. The molecule has 6 nitrogen and oxygen atoms in total. The molecule has 0 saturated heterocycles. The van der Waals surface area contributed by atoms with Crippen LogP contribution in [0.25, 0.3) is 0 Å². The number of carbonyl (C=O) groups is 1. The smallest absolute Gasteiger partial charge is 0.326 e. The third kappa shape index (κ3) is 3.47. The van der Waals surface area contributed by atoms with Crippen molar-refractivity contribution in [3.05, 3.63) is 42.0 Å². The van der Waals surface area contributed by atoms with Gasteiger partial charge in [-0.3, -0.25) is 4.90 Å². The molecule has 1 N–H and O–H groups in total. The molecule has 2 amide bonds. The van der Waals surface area contributed by atoms with Crippen LogP contribution in [-0.4, -0.2) is 32.9 Å². The van der Waals surface area contributed by atoms with E-state index >= 15 is 0 Å². The van der Waals surface area contributed by atoms with Crippen molar-refractivity contribution in [3.8, 4) is 17.2 Å². The molecule has 0 unspecified atom stereocenters. The van der Waals surface area contributed by atoms with Gasteiger partial charge in [0.2, 0.25) is 0 Å². The second-order valence-corrected chi connectivity index (χ2v) is 6.01. The van der Waals surface area contributed by atoms with E-state index in [0.29, 0.717) is 29.5 Å². The quantitative estimate of drug-likeness (QED) is 0.921. The first-order valence-corrected chi connectivity index (χ1v) is 8.09. The van der Waals surface area contributed by atoms with Gasteiger partial charge in [0.15, 0.2) is 11.5 Å². The van der Waals surface area contributed by atoms with E-state index in [1.807, 2.05) is 32.0 Å². The Balaban J connectivity index is 1.86. The molecule has 132 valence electrons. The molecule has 1 heterocycles. The number of nitrogens with one attached hydrogen (secondary N) is 1. The number of urea groups is 1. The highest BCUT2D eigenvalue weighted by molar-refractivity contribution is 6.03. The largest absolute Gasteiger partial charge is 0.493 e. The summed E-state index contributed by atoms with van der Waals surface area (Å²) in [6.45, 7) is 4.41. The number of nitrogens with zero attached hydrogens (tertiary/aromatic N) is 1. The lowest BCUT2D eigenvalue weighted by atomic mass is 10.1. The van der Waals surface area contributed by atoms with E-state index in [0.717, 1.165) is 11.3 Å². The van der Waals surface area contributed by atoms with Crippen LogP contribution in [0, 0.1) is 6.92 Å². The van der Waals surface area contributed by atoms with Gasteiger partial charge >= 0.3 is 6.03 Å². The van der Waals surface area contributed by atoms with Gasteiger partial charge in [0.05, 0.1) is 26.5 Å². The molecule has 25 heavy (non-hydrogen) atoms. The van der Waals surface area contributed by atoms with Gasteiger partial charge in [-0.15, -0.1) is 0 Å². The minimum Gasteiger partial charge on any atom is -0.493 e. The number of anilines is 2. The number of carbonyl (C=O) groups excluding carboxylic acids is 1. The van der Waals surface area contributed by atoms with Crippen LogP contribution in [0.3, 0.4) is 0 Å². The fourth-order valence-electron chi connectivity index (χ4n) is 2.84. The zero-order valence-electron chi connectivity index (χ0n) is 14.8. The number of rotatable bonds is 3. The first kappa shape index (κ1) is 17.0. The summed E-state index contributed by atoms with van der Waals surface area (Å²) in [5, 5.41) is 2.91. The number of fused-ring (bicyclic) bond motifs is 1. The molecule has 1 atom stereocenters. The molecule has 0 aromatic heterocycles. The number of aryl methyl sites for hydroxylation is 1. The average Bonchev–Trinajstić information content (AvgIpc) is 2.61. The van der Waals surface area contributed by atoms with Crippen molar-refractivity contribution in [2.24, 2.45) is 0 Å². The standard InChI is InChI=1S/C19H22N2O4/c1-12-5-7-16-15(9-12)21(11-13(2)25-16)19(22)20-14-6-8-17(23-3)18(10-14)24-4/h5-10,13H,11H2,1-4H3,(H,20,22)/t13-/m1/s1. The minimum atomic E-state index is -0.214. The van der Waals surface area contributed by atoms with Gasteiger partial charge in [-0.25, -0.2) is 4.79 Å². The van der Waals surface area contributed by atoms with Crippen molar-refractivity contribution >= 4 is 17.4 Å². The van der Waals surface area contributed by atoms with Crippen molar-refractivity contribution in [2.45, 2.75) is 20.0 Å².